The van der Waals surface area contributed by atoms with Crippen molar-refractivity contribution in [3.05, 3.63) is 48.0 Å². The molecule has 144 valence electrons. The predicted molar refractivity (Wildman–Crippen MR) is 103 cm³/mol. The molecule has 1 aliphatic rings. The van der Waals surface area contributed by atoms with Gasteiger partial charge in [0.1, 0.15) is 13.2 Å². The van der Waals surface area contributed by atoms with Crippen LogP contribution in [0.3, 0.4) is 0 Å². The fourth-order valence-electron chi connectivity index (χ4n) is 2.74. The van der Waals surface area contributed by atoms with Crippen LogP contribution < -0.4 is 14.8 Å². The molecule has 0 unspecified atom stereocenters. The lowest BCUT2D eigenvalue weighted by atomic mass is 10.0. The van der Waals surface area contributed by atoms with Crippen molar-refractivity contribution in [2.75, 3.05) is 24.3 Å². The van der Waals surface area contributed by atoms with Crippen molar-refractivity contribution in [2.24, 2.45) is 0 Å². The predicted octanol–water partition coefficient (Wildman–Crippen LogP) is 3.38. The highest BCUT2D eigenvalue weighted by atomic mass is 32.2. The summed E-state index contributed by atoms with van der Waals surface area (Å²) in [5.41, 5.74) is 1.83. The number of fused-ring (bicyclic) bond motifs is 1. The fraction of sp³-hybridized carbons (Fsp3) is 0.350. The monoisotopic (exact) mass is 389 g/mol. The molecule has 0 saturated heterocycles. The van der Waals surface area contributed by atoms with E-state index in [4.69, 9.17) is 9.47 Å². The van der Waals surface area contributed by atoms with E-state index in [0.29, 0.717) is 36.3 Å². The van der Waals surface area contributed by atoms with Crippen molar-refractivity contribution in [3.63, 3.8) is 0 Å². The van der Waals surface area contributed by atoms with Crippen LogP contribution in [-0.4, -0.2) is 33.3 Å². The van der Waals surface area contributed by atoms with Gasteiger partial charge < -0.3 is 14.8 Å². The third-order valence-electron chi connectivity index (χ3n) is 4.33. The summed E-state index contributed by atoms with van der Waals surface area (Å²) < 4.78 is 35.9. The van der Waals surface area contributed by atoms with Crippen molar-refractivity contribution in [2.45, 2.75) is 31.1 Å². The van der Waals surface area contributed by atoms with Gasteiger partial charge in [0.2, 0.25) is 5.91 Å². The van der Waals surface area contributed by atoms with Crippen LogP contribution >= 0.6 is 0 Å². The number of anilines is 1. The van der Waals surface area contributed by atoms with Crippen molar-refractivity contribution < 1.29 is 22.7 Å². The second-order valence-corrected chi connectivity index (χ2v) is 8.81. The molecule has 3 rings (SSSR count). The van der Waals surface area contributed by atoms with Crippen LogP contribution in [0.5, 0.6) is 11.5 Å². The van der Waals surface area contributed by atoms with Gasteiger partial charge in [-0.1, -0.05) is 26.0 Å². The average Bonchev–Trinajstić information content (AvgIpc) is 2.66. The Balaban J connectivity index is 1.60. The summed E-state index contributed by atoms with van der Waals surface area (Å²) in [4.78, 5) is 12.2. The molecule has 0 atom stereocenters. The van der Waals surface area contributed by atoms with Crippen molar-refractivity contribution >= 4 is 21.4 Å². The zero-order chi connectivity index (χ0) is 19.4. The third kappa shape index (κ3) is 4.80. The summed E-state index contributed by atoms with van der Waals surface area (Å²) >= 11 is 0. The van der Waals surface area contributed by atoms with Gasteiger partial charge in [0.15, 0.2) is 21.3 Å². The van der Waals surface area contributed by atoms with Crippen LogP contribution in [0.15, 0.2) is 47.4 Å². The Kier molecular flexibility index (Phi) is 5.70. The SMILES string of the molecule is CC(C)c1ccc(NC(=O)CCS(=O)(=O)c2ccc3c(c2)OCCO3)cc1. The lowest BCUT2D eigenvalue weighted by molar-refractivity contribution is -0.115. The number of benzene rings is 2. The highest BCUT2D eigenvalue weighted by molar-refractivity contribution is 7.91. The zero-order valence-electron chi connectivity index (χ0n) is 15.4. The minimum atomic E-state index is -3.60. The number of amides is 1. The molecule has 0 spiro atoms. The number of hydrogen-bond donors (Lipinski definition) is 1. The Labute approximate surface area is 159 Å². The molecule has 0 radical (unpaired) electrons. The van der Waals surface area contributed by atoms with Crippen LogP contribution in [0.4, 0.5) is 5.69 Å². The first kappa shape index (κ1) is 19.2. The summed E-state index contributed by atoms with van der Waals surface area (Å²) in [5, 5.41) is 2.73. The second-order valence-electron chi connectivity index (χ2n) is 6.70. The van der Waals surface area contributed by atoms with Crippen LogP contribution in [0.1, 0.15) is 31.7 Å². The molecule has 1 N–H and O–H groups in total. The van der Waals surface area contributed by atoms with Gasteiger partial charge in [0.05, 0.1) is 10.6 Å². The number of rotatable bonds is 6. The summed E-state index contributed by atoms with van der Waals surface area (Å²) in [5.74, 6) is 0.738. The zero-order valence-corrected chi connectivity index (χ0v) is 16.2. The van der Waals surface area contributed by atoms with E-state index >= 15 is 0 Å². The molecule has 0 bridgehead atoms. The van der Waals surface area contributed by atoms with Gasteiger partial charge in [0, 0.05) is 18.2 Å². The summed E-state index contributed by atoms with van der Waals surface area (Å²) in [7, 11) is -3.60. The largest absolute Gasteiger partial charge is 0.486 e. The Morgan fingerprint density at radius 1 is 1.04 bits per heavy atom. The molecule has 7 heteroatoms. The van der Waals surface area contributed by atoms with E-state index in [1.807, 2.05) is 24.3 Å². The third-order valence-corrected chi connectivity index (χ3v) is 6.05. The van der Waals surface area contributed by atoms with Crippen LogP contribution in [0, 0.1) is 0 Å². The Hall–Kier alpha value is -2.54. The molecule has 1 aliphatic heterocycles. The van der Waals surface area contributed by atoms with Gasteiger partial charge in [0.25, 0.3) is 0 Å². The van der Waals surface area contributed by atoms with E-state index in [1.54, 1.807) is 6.07 Å². The quantitative estimate of drug-likeness (QED) is 0.819. The second kappa shape index (κ2) is 8.00. The van der Waals surface area contributed by atoms with E-state index in [0.717, 1.165) is 0 Å². The molecule has 6 nitrogen and oxygen atoms in total. The molecule has 0 aromatic heterocycles. The normalized spacial score (nSPS) is 13.4. The highest BCUT2D eigenvalue weighted by Crippen LogP contribution is 2.32. The number of sulfone groups is 1. The van der Waals surface area contributed by atoms with Gasteiger partial charge in [-0.05, 0) is 35.7 Å². The molecular weight excluding hydrogens is 366 g/mol. The van der Waals surface area contributed by atoms with Crippen LogP contribution in [0.25, 0.3) is 0 Å². The Bertz CT molecular complexity index is 920. The maximum atomic E-state index is 12.5. The molecule has 27 heavy (non-hydrogen) atoms. The smallest absolute Gasteiger partial charge is 0.225 e. The van der Waals surface area contributed by atoms with Crippen LogP contribution in [-0.2, 0) is 14.6 Å². The minimum absolute atomic E-state index is 0.122. The first-order valence-corrected chi connectivity index (χ1v) is 10.5. The average molecular weight is 389 g/mol. The minimum Gasteiger partial charge on any atom is -0.486 e. The van der Waals surface area contributed by atoms with E-state index < -0.39 is 9.84 Å². The highest BCUT2D eigenvalue weighted by Gasteiger charge is 2.20. The maximum absolute atomic E-state index is 12.5. The number of carbonyl (C=O) groups is 1. The van der Waals surface area contributed by atoms with Gasteiger partial charge >= 0.3 is 0 Å². The van der Waals surface area contributed by atoms with E-state index in [9.17, 15) is 13.2 Å². The Morgan fingerprint density at radius 2 is 1.70 bits per heavy atom. The van der Waals surface area contributed by atoms with Crippen molar-refractivity contribution in [1.29, 1.82) is 0 Å². The molecule has 0 fully saturated rings. The standard InChI is InChI=1S/C20H23NO5S/c1-14(2)15-3-5-16(6-4-15)21-20(22)9-12-27(23,24)17-7-8-18-19(13-17)26-11-10-25-18/h3-8,13-14H,9-12H2,1-2H3,(H,21,22). The molecule has 1 heterocycles. The topological polar surface area (TPSA) is 81.7 Å². The van der Waals surface area contributed by atoms with Crippen molar-refractivity contribution in [1.82, 2.24) is 0 Å². The molecule has 2 aromatic rings. The van der Waals surface area contributed by atoms with E-state index in [2.05, 4.69) is 19.2 Å². The number of hydrogen-bond acceptors (Lipinski definition) is 5. The lowest BCUT2D eigenvalue weighted by Gasteiger charge is -2.18. The van der Waals surface area contributed by atoms with Gasteiger partial charge in [-0.15, -0.1) is 0 Å². The van der Waals surface area contributed by atoms with Crippen LogP contribution in [0.2, 0.25) is 0 Å². The van der Waals surface area contributed by atoms with Gasteiger partial charge in [-0.25, -0.2) is 8.42 Å². The Morgan fingerprint density at radius 3 is 2.37 bits per heavy atom. The maximum Gasteiger partial charge on any atom is 0.225 e. The molecule has 0 aliphatic carbocycles. The molecule has 2 aromatic carbocycles. The first-order valence-electron chi connectivity index (χ1n) is 8.87. The van der Waals surface area contributed by atoms with Gasteiger partial charge in [-0.3, -0.25) is 4.79 Å². The van der Waals surface area contributed by atoms with Gasteiger partial charge in [-0.2, -0.15) is 0 Å². The summed E-state index contributed by atoms with van der Waals surface area (Å²) in [6, 6.07) is 12.1. The fourth-order valence-corrected chi connectivity index (χ4v) is 3.99. The molecule has 0 saturated carbocycles. The molecule has 1 amide bonds. The van der Waals surface area contributed by atoms with E-state index in [1.165, 1.54) is 17.7 Å². The number of nitrogens with one attached hydrogen (secondary N) is 1. The lowest BCUT2D eigenvalue weighted by Crippen LogP contribution is -2.18. The number of ether oxygens (including phenoxy) is 2. The first-order chi connectivity index (χ1) is 12.8. The van der Waals surface area contributed by atoms with Crippen molar-refractivity contribution in [3.8, 4) is 11.5 Å². The summed E-state index contributed by atoms with van der Waals surface area (Å²) in [6.45, 7) is 5.01. The van der Waals surface area contributed by atoms with E-state index in [-0.39, 0.29) is 23.0 Å². The summed E-state index contributed by atoms with van der Waals surface area (Å²) in [6.07, 6.45) is -0.122. The number of carbonyl (C=O) groups excluding carboxylic acids is 1. The molecular formula is C20H23NO5S.